The van der Waals surface area contributed by atoms with Gasteiger partial charge in [-0.1, -0.05) is 6.92 Å². The van der Waals surface area contributed by atoms with Gasteiger partial charge in [0.15, 0.2) is 0 Å². The van der Waals surface area contributed by atoms with Crippen LogP contribution in [-0.2, 0) is 4.79 Å². The molecule has 1 saturated heterocycles. The van der Waals surface area contributed by atoms with Gasteiger partial charge in [-0.15, -0.1) is 11.8 Å². The molecule has 2 atom stereocenters. The molecule has 2 N–H and O–H groups in total. The third-order valence-corrected chi connectivity index (χ3v) is 3.66. The summed E-state index contributed by atoms with van der Waals surface area (Å²) in [6, 6.07) is 2.02. The molecule has 2 rings (SSSR count). The number of carbonyl (C=O) groups excluding carboxylic acids is 1. The first kappa shape index (κ1) is 8.69. The Balaban J connectivity index is 2.13. The molecule has 4 heteroatoms. The van der Waals surface area contributed by atoms with E-state index in [-0.39, 0.29) is 11.2 Å². The Morgan fingerprint density at radius 3 is 3.08 bits per heavy atom. The van der Waals surface area contributed by atoms with Crippen molar-refractivity contribution in [2.75, 3.05) is 5.88 Å². The standard InChI is InChI=1S/C9H12N2OS/c1-6(7-2-3-10-4-7)8-9(12)11-5-13-8/h2-4,6,8,10H,5H2,1H3,(H,11,12). The molecule has 0 saturated carbocycles. The highest BCUT2D eigenvalue weighted by Gasteiger charge is 2.30. The van der Waals surface area contributed by atoms with Crippen molar-refractivity contribution in [2.24, 2.45) is 0 Å². The van der Waals surface area contributed by atoms with Gasteiger partial charge >= 0.3 is 0 Å². The van der Waals surface area contributed by atoms with Crippen molar-refractivity contribution >= 4 is 17.7 Å². The third-order valence-electron chi connectivity index (χ3n) is 2.37. The Labute approximate surface area is 81.3 Å². The van der Waals surface area contributed by atoms with Crippen LogP contribution in [0.3, 0.4) is 0 Å². The lowest BCUT2D eigenvalue weighted by Gasteiger charge is -2.13. The van der Waals surface area contributed by atoms with E-state index in [0.29, 0.717) is 5.92 Å². The number of aromatic amines is 1. The first-order chi connectivity index (χ1) is 6.29. The molecule has 0 aliphatic carbocycles. The summed E-state index contributed by atoms with van der Waals surface area (Å²) in [4.78, 5) is 14.4. The molecule has 1 aromatic rings. The number of carbonyl (C=O) groups is 1. The van der Waals surface area contributed by atoms with Gasteiger partial charge in [0.1, 0.15) is 0 Å². The number of hydrogen-bond acceptors (Lipinski definition) is 2. The Morgan fingerprint density at radius 2 is 2.54 bits per heavy atom. The van der Waals surface area contributed by atoms with Crippen molar-refractivity contribution < 1.29 is 4.79 Å². The van der Waals surface area contributed by atoms with Crippen molar-refractivity contribution in [1.82, 2.24) is 10.3 Å². The molecular weight excluding hydrogens is 184 g/mol. The quantitative estimate of drug-likeness (QED) is 0.749. The van der Waals surface area contributed by atoms with Crippen molar-refractivity contribution in [2.45, 2.75) is 18.1 Å². The highest BCUT2D eigenvalue weighted by molar-refractivity contribution is 8.01. The fourth-order valence-electron chi connectivity index (χ4n) is 1.55. The lowest BCUT2D eigenvalue weighted by Crippen LogP contribution is -2.26. The number of rotatable bonds is 2. The average Bonchev–Trinajstić information content (AvgIpc) is 2.72. The molecular formula is C9H12N2OS. The Bertz CT molecular complexity index is 297. The molecule has 2 unspecified atom stereocenters. The lowest BCUT2D eigenvalue weighted by atomic mass is 10.00. The maximum atomic E-state index is 11.4. The van der Waals surface area contributed by atoms with E-state index < -0.39 is 0 Å². The molecule has 0 spiro atoms. The minimum absolute atomic E-state index is 0.0794. The molecule has 1 amide bonds. The topological polar surface area (TPSA) is 44.9 Å². The minimum atomic E-state index is 0.0794. The van der Waals surface area contributed by atoms with E-state index in [1.807, 2.05) is 18.5 Å². The van der Waals surface area contributed by atoms with E-state index in [1.165, 1.54) is 5.56 Å². The number of thioether (sulfide) groups is 1. The van der Waals surface area contributed by atoms with Gasteiger partial charge < -0.3 is 10.3 Å². The van der Waals surface area contributed by atoms with Crippen LogP contribution >= 0.6 is 11.8 Å². The van der Waals surface area contributed by atoms with E-state index in [4.69, 9.17) is 0 Å². The van der Waals surface area contributed by atoms with Crippen molar-refractivity contribution in [3.63, 3.8) is 0 Å². The first-order valence-electron chi connectivity index (χ1n) is 4.31. The number of nitrogens with one attached hydrogen (secondary N) is 2. The zero-order chi connectivity index (χ0) is 9.26. The first-order valence-corrected chi connectivity index (χ1v) is 5.36. The number of aromatic nitrogens is 1. The van der Waals surface area contributed by atoms with E-state index in [2.05, 4.69) is 17.2 Å². The zero-order valence-electron chi connectivity index (χ0n) is 7.41. The second-order valence-corrected chi connectivity index (χ2v) is 4.34. The number of H-pyrrole nitrogens is 1. The van der Waals surface area contributed by atoms with Crippen LogP contribution in [0.4, 0.5) is 0 Å². The van der Waals surface area contributed by atoms with Gasteiger partial charge in [-0.2, -0.15) is 0 Å². The summed E-state index contributed by atoms with van der Waals surface area (Å²) in [7, 11) is 0. The molecule has 2 heterocycles. The molecule has 3 nitrogen and oxygen atoms in total. The highest BCUT2D eigenvalue weighted by Crippen LogP contribution is 2.30. The van der Waals surface area contributed by atoms with Crippen molar-refractivity contribution in [1.29, 1.82) is 0 Å². The summed E-state index contributed by atoms with van der Waals surface area (Å²) in [6.07, 6.45) is 3.85. The van der Waals surface area contributed by atoms with Gasteiger partial charge in [-0.3, -0.25) is 4.79 Å². The van der Waals surface area contributed by atoms with E-state index in [9.17, 15) is 4.79 Å². The van der Waals surface area contributed by atoms with Crippen LogP contribution in [0.15, 0.2) is 18.5 Å². The van der Waals surface area contributed by atoms with Crippen LogP contribution in [0.25, 0.3) is 0 Å². The Kier molecular flexibility index (Phi) is 2.31. The predicted molar refractivity (Wildman–Crippen MR) is 53.6 cm³/mol. The average molecular weight is 196 g/mol. The van der Waals surface area contributed by atoms with Gasteiger partial charge in [0.2, 0.25) is 5.91 Å². The number of hydrogen-bond donors (Lipinski definition) is 2. The summed E-state index contributed by atoms with van der Waals surface area (Å²) < 4.78 is 0. The van der Waals surface area contributed by atoms with Crippen LogP contribution in [0.1, 0.15) is 18.4 Å². The minimum Gasteiger partial charge on any atom is -0.367 e. The number of amides is 1. The molecule has 0 aromatic carbocycles. The summed E-state index contributed by atoms with van der Waals surface area (Å²) in [5.74, 6) is 1.20. The van der Waals surface area contributed by atoms with E-state index >= 15 is 0 Å². The maximum Gasteiger partial charge on any atom is 0.234 e. The fourth-order valence-corrected chi connectivity index (χ4v) is 2.63. The Hall–Kier alpha value is -0.900. The summed E-state index contributed by atoms with van der Waals surface area (Å²) in [5.41, 5.74) is 1.20. The van der Waals surface area contributed by atoms with E-state index in [0.717, 1.165) is 5.88 Å². The highest BCUT2D eigenvalue weighted by atomic mass is 32.2. The molecule has 0 bridgehead atoms. The largest absolute Gasteiger partial charge is 0.367 e. The molecule has 70 valence electrons. The molecule has 0 radical (unpaired) electrons. The van der Waals surface area contributed by atoms with Crippen molar-refractivity contribution in [3.8, 4) is 0 Å². The third kappa shape index (κ3) is 1.58. The molecule has 1 fully saturated rings. The SMILES string of the molecule is CC(c1cc[nH]c1)C1SCNC1=O. The summed E-state index contributed by atoms with van der Waals surface area (Å²) >= 11 is 1.68. The van der Waals surface area contributed by atoms with Crippen LogP contribution in [0.5, 0.6) is 0 Å². The molecule has 1 aromatic heterocycles. The van der Waals surface area contributed by atoms with Crippen LogP contribution in [-0.4, -0.2) is 22.0 Å². The van der Waals surface area contributed by atoms with Crippen LogP contribution in [0, 0.1) is 0 Å². The van der Waals surface area contributed by atoms with Crippen LogP contribution in [0.2, 0.25) is 0 Å². The smallest absolute Gasteiger partial charge is 0.234 e. The Morgan fingerprint density at radius 1 is 1.69 bits per heavy atom. The van der Waals surface area contributed by atoms with Crippen molar-refractivity contribution in [3.05, 3.63) is 24.0 Å². The van der Waals surface area contributed by atoms with Gasteiger partial charge in [0, 0.05) is 18.3 Å². The lowest BCUT2D eigenvalue weighted by molar-refractivity contribution is -0.119. The van der Waals surface area contributed by atoms with Crippen LogP contribution < -0.4 is 5.32 Å². The van der Waals surface area contributed by atoms with E-state index in [1.54, 1.807) is 11.8 Å². The van der Waals surface area contributed by atoms with Gasteiger partial charge in [-0.25, -0.2) is 0 Å². The van der Waals surface area contributed by atoms with Gasteiger partial charge in [0.05, 0.1) is 11.1 Å². The maximum absolute atomic E-state index is 11.4. The summed E-state index contributed by atoms with van der Waals surface area (Å²) in [5, 5.41) is 2.91. The normalized spacial score (nSPS) is 24.4. The second kappa shape index (κ2) is 3.46. The van der Waals surface area contributed by atoms with Gasteiger partial charge in [-0.05, 0) is 11.6 Å². The summed E-state index contributed by atoms with van der Waals surface area (Å²) in [6.45, 7) is 2.09. The molecule has 1 aliphatic heterocycles. The molecule has 13 heavy (non-hydrogen) atoms. The predicted octanol–water partition coefficient (Wildman–Crippen LogP) is 1.31. The fraction of sp³-hybridized carbons (Fsp3) is 0.444. The monoisotopic (exact) mass is 196 g/mol. The zero-order valence-corrected chi connectivity index (χ0v) is 8.23. The molecule has 1 aliphatic rings. The second-order valence-electron chi connectivity index (χ2n) is 3.21. The van der Waals surface area contributed by atoms with Gasteiger partial charge in [0.25, 0.3) is 0 Å².